The normalized spacial score (nSPS) is 40.6. The van der Waals surface area contributed by atoms with Crippen LogP contribution in [0.25, 0.3) is 0 Å². The number of rotatable bonds is 0. The maximum absolute atomic E-state index is 12.7. The van der Waals surface area contributed by atoms with Gasteiger partial charge >= 0.3 is 6.18 Å². The molecule has 1 aliphatic rings. The first-order valence-electron chi connectivity index (χ1n) is 3.07. The lowest BCUT2D eigenvalue weighted by Crippen LogP contribution is -2.64. The number of allylic oxidation sites excluding steroid dienone is 2. The van der Waals surface area contributed by atoms with E-state index in [4.69, 9.17) is 0 Å². The van der Waals surface area contributed by atoms with Crippen molar-refractivity contribution in [3.8, 4) is 0 Å². The van der Waals surface area contributed by atoms with Crippen molar-refractivity contribution < 1.29 is 30.7 Å². The van der Waals surface area contributed by atoms with Gasteiger partial charge < -0.3 is 0 Å². The van der Waals surface area contributed by atoms with Gasteiger partial charge in [-0.3, -0.25) is 0 Å². The Bertz CT molecular complexity index is 273. The molecule has 0 aliphatic heterocycles. The smallest absolute Gasteiger partial charge is 0.232 e. The maximum Gasteiger partial charge on any atom is 0.432 e. The molecule has 1 rings (SSSR count). The Morgan fingerprint density at radius 3 is 1.54 bits per heavy atom. The SMILES string of the molecule is CC1(F)C(F)=C(F)C1(F)C(F)(F)F. The molecular weight excluding hydrogens is 205 g/mol. The van der Waals surface area contributed by atoms with Crippen LogP contribution in [0.3, 0.4) is 0 Å². The van der Waals surface area contributed by atoms with Crippen molar-refractivity contribution >= 4 is 0 Å². The highest BCUT2D eigenvalue weighted by molar-refractivity contribution is 5.42. The number of alkyl halides is 5. The molecule has 0 aromatic carbocycles. The zero-order chi connectivity index (χ0) is 10.7. The van der Waals surface area contributed by atoms with Crippen molar-refractivity contribution in [2.24, 2.45) is 0 Å². The summed E-state index contributed by atoms with van der Waals surface area (Å²) in [5.74, 6) is -5.07. The molecule has 0 aromatic heterocycles. The highest BCUT2D eigenvalue weighted by Gasteiger charge is 2.80. The number of hydrogen-bond acceptors (Lipinski definition) is 0. The van der Waals surface area contributed by atoms with E-state index in [2.05, 4.69) is 0 Å². The molecule has 0 N–H and O–H groups in total. The highest BCUT2D eigenvalue weighted by Crippen LogP contribution is 2.61. The molecule has 0 amide bonds. The molecule has 0 nitrogen and oxygen atoms in total. The second-order valence-electron chi connectivity index (χ2n) is 2.79. The van der Waals surface area contributed by atoms with Crippen LogP contribution in [0.2, 0.25) is 0 Å². The summed E-state index contributed by atoms with van der Waals surface area (Å²) in [4.78, 5) is 0. The quantitative estimate of drug-likeness (QED) is 0.536. The van der Waals surface area contributed by atoms with Crippen LogP contribution in [0.5, 0.6) is 0 Å². The van der Waals surface area contributed by atoms with Crippen molar-refractivity contribution in [3.63, 3.8) is 0 Å². The van der Waals surface area contributed by atoms with E-state index in [0.29, 0.717) is 0 Å². The Hall–Kier alpha value is -0.750. The van der Waals surface area contributed by atoms with Crippen LogP contribution >= 0.6 is 0 Å². The molecule has 0 fully saturated rings. The number of halogens is 7. The van der Waals surface area contributed by atoms with Gasteiger partial charge in [0.2, 0.25) is 5.67 Å². The predicted molar refractivity (Wildman–Crippen MR) is 28.6 cm³/mol. The molecule has 0 radical (unpaired) electrons. The Balaban J connectivity index is 3.25. The first kappa shape index (κ1) is 10.3. The summed E-state index contributed by atoms with van der Waals surface area (Å²) in [6.07, 6.45) is -5.80. The lowest BCUT2D eigenvalue weighted by molar-refractivity contribution is -0.273. The van der Waals surface area contributed by atoms with E-state index in [9.17, 15) is 30.7 Å². The predicted octanol–water partition coefficient (Wildman–Crippen LogP) is 3.15. The lowest BCUT2D eigenvalue weighted by Gasteiger charge is -2.42. The van der Waals surface area contributed by atoms with Gasteiger partial charge in [-0.2, -0.15) is 13.2 Å². The molecule has 0 spiro atoms. The molecule has 0 aromatic rings. The standard InChI is InChI=1S/C6H3F7/c1-4(9)2(7)3(8)5(4,10)6(11,12)13/h1H3. The highest BCUT2D eigenvalue weighted by atomic mass is 19.4. The van der Waals surface area contributed by atoms with Crippen LogP contribution in [0.1, 0.15) is 6.92 Å². The summed E-state index contributed by atoms with van der Waals surface area (Å²) in [6, 6.07) is 0. The van der Waals surface area contributed by atoms with Crippen LogP contribution in [0.15, 0.2) is 11.7 Å². The molecule has 0 saturated carbocycles. The second-order valence-corrected chi connectivity index (χ2v) is 2.79. The van der Waals surface area contributed by atoms with Crippen molar-refractivity contribution in [1.29, 1.82) is 0 Å². The summed E-state index contributed by atoms with van der Waals surface area (Å²) >= 11 is 0. The lowest BCUT2D eigenvalue weighted by atomic mass is 9.74. The minimum atomic E-state index is -5.80. The van der Waals surface area contributed by atoms with E-state index < -0.39 is 29.2 Å². The van der Waals surface area contributed by atoms with E-state index in [-0.39, 0.29) is 6.92 Å². The van der Waals surface area contributed by atoms with Gasteiger partial charge in [-0.05, 0) is 6.92 Å². The summed E-state index contributed by atoms with van der Waals surface area (Å²) in [5, 5.41) is 0. The fraction of sp³-hybridized carbons (Fsp3) is 0.667. The zero-order valence-electron chi connectivity index (χ0n) is 6.15. The molecule has 76 valence electrons. The first-order chi connectivity index (χ1) is 5.57. The molecule has 2 atom stereocenters. The maximum atomic E-state index is 12.7. The molecular formula is C6H3F7. The van der Waals surface area contributed by atoms with Crippen LogP contribution in [-0.4, -0.2) is 17.5 Å². The van der Waals surface area contributed by atoms with E-state index in [1.807, 2.05) is 0 Å². The third-order valence-corrected chi connectivity index (χ3v) is 1.94. The average Bonchev–Trinajstić information content (AvgIpc) is 1.98. The van der Waals surface area contributed by atoms with Gasteiger partial charge in [-0.1, -0.05) is 0 Å². The molecule has 0 heterocycles. The third-order valence-electron chi connectivity index (χ3n) is 1.94. The van der Waals surface area contributed by atoms with Gasteiger partial charge in [0.15, 0.2) is 11.7 Å². The molecule has 0 bridgehead atoms. The summed E-state index contributed by atoms with van der Waals surface area (Å²) < 4.78 is 84.8. The fourth-order valence-electron chi connectivity index (χ4n) is 1.04. The minimum Gasteiger partial charge on any atom is -0.232 e. The van der Waals surface area contributed by atoms with Crippen LogP contribution in [0, 0.1) is 0 Å². The Kier molecular flexibility index (Phi) is 1.74. The minimum absolute atomic E-state index is 0.00109. The molecule has 7 heteroatoms. The van der Waals surface area contributed by atoms with Gasteiger partial charge in [0.1, 0.15) is 0 Å². The third kappa shape index (κ3) is 0.871. The summed E-state index contributed by atoms with van der Waals surface area (Å²) in [7, 11) is 0. The Labute approximate surface area is 68.0 Å². The topological polar surface area (TPSA) is 0 Å². The van der Waals surface area contributed by atoms with Crippen molar-refractivity contribution in [2.75, 3.05) is 0 Å². The van der Waals surface area contributed by atoms with Crippen LogP contribution in [0.4, 0.5) is 30.7 Å². The fourth-order valence-corrected chi connectivity index (χ4v) is 1.04. The zero-order valence-corrected chi connectivity index (χ0v) is 6.15. The molecule has 13 heavy (non-hydrogen) atoms. The van der Waals surface area contributed by atoms with E-state index in [1.54, 1.807) is 0 Å². The molecule has 2 unspecified atom stereocenters. The summed E-state index contributed by atoms with van der Waals surface area (Å²) in [5.41, 5.74) is -8.81. The Morgan fingerprint density at radius 2 is 1.38 bits per heavy atom. The van der Waals surface area contributed by atoms with E-state index in [0.717, 1.165) is 0 Å². The van der Waals surface area contributed by atoms with Gasteiger partial charge in [0.25, 0.3) is 5.67 Å². The average molecular weight is 208 g/mol. The monoisotopic (exact) mass is 208 g/mol. The second kappa shape index (κ2) is 2.19. The summed E-state index contributed by atoms with van der Waals surface area (Å²) in [6.45, 7) is -0.00109. The largest absolute Gasteiger partial charge is 0.432 e. The number of hydrogen-bond donors (Lipinski definition) is 0. The van der Waals surface area contributed by atoms with Crippen LogP contribution < -0.4 is 0 Å². The van der Waals surface area contributed by atoms with Gasteiger partial charge in [-0.15, -0.1) is 0 Å². The van der Waals surface area contributed by atoms with Crippen molar-refractivity contribution in [2.45, 2.75) is 24.4 Å². The Morgan fingerprint density at radius 1 is 1.00 bits per heavy atom. The van der Waals surface area contributed by atoms with E-state index in [1.165, 1.54) is 0 Å². The van der Waals surface area contributed by atoms with Gasteiger partial charge in [-0.25, -0.2) is 17.6 Å². The van der Waals surface area contributed by atoms with Crippen LogP contribution in [-0.2, 0) is 0 Å². The molecule has 0 saturated heterocycles. The van der Waals surface area contributed by atoms with Gasteiger partial charge in [0.05, 0.1) is 0 Å². The van der Waals surface area contributed by atoms with Crippen molar-refractivity contribution in [3.05, 3.63) is 11.7 Å². The van der Waals surface area contributed by atoms with E-state index >= 15 is 0 Å². The first-order valence-corrected chi connectivity index (χ1v) is 3.07. The molecule has 1 aliphatic carbocycles. The van der Waals surface area contributed by atoms with Gasteiger partial charge in [0, 0.05) is 0 Å². The van der Waals surface area contributed by atoms with Crippen molar-refractivity contribution in [1.82, 2.24) is 0 Å².